The van der Waals surface area contributed by atoms with E-state index in [1.165, 1.54) is 12.8 Å². The highest BCUT2D eigenvalue weighted by Crippen LogP contribution is 2.41. The van der Waals surface area contributed by atoms with Crippen molar-refractivity contribution < 1.29 is 9.59 Å². The summed E-state index contributed by atoms with van der Waals surface area (Å²) < 4.78 is 0. The quantitative estimate of drug-likeness (QED) is 0.932. The number of carbonyl (C=O) groups excluding carboxylic acids is 2. The summed E-state index contributed by atoms with van der Waals surface area (Å²) in [6, 6.07) is 8.99. The monoisotopic (exact) mass is 311 g/mol. The summed E-state index contributed by atoms with van der Waals surface area (Å²) in [5, 5.41) is 11.9. The number of likely N-dealkylation sites (tertiary alicyclic amines) is 1. The lowest BCUT2D eigenvalue weighted by molar-refractivity contribution is -0.134. The second kappa shape index (κ2) is 6.82. The molecule has 3 rings (SSSR count). The molecule has 5 nitrogen and oxygen atoms in total. The first-order valence-electron chi connectivity index (χ1n) is 8.29. The molecule has 2 aliphatic rings. The van der Waals surface area contributed by atoms with Gasteiger partial charge in [-0.1, -0.05) is 25.0 Å². The molecule has 1 N–H and O–H groups in total. The molecular formula is C18H21N3O2. The van der Waals surface area contributed by atoms with E-state index in [0.29, 0.717) is 17.7 Å². The van der Waals surface area contributed by atoms with Crippen LogP contribution >= 0.6 is 0 Å². The topological polar surface area (TPSA) is 73.2 Å². The van der Waals surface area contributed by atoms with Crippen LogP contribution in [0.3, 0.4) is 0 Å². The maximum absolute atomic E-state index is 12.5. The van der Waals surface area contributed by atoms with Crippen LogP contribution in [0.15, 0.2) is 24.3 Å². The molecule has 0 radical (unpaired) electrons. The van der Waals surface area contributed by atoms with Crippen molar-refractivity contribution in [2.45, 2.75) is 32.1 Å². The van der Waals surface area contributed by atoms with Crippen molar-refractivity contribution in [2.24, 2.45) is 11.8 Å². The van der Waals surface area contributed by atoms with E-state index in [0.717, 1.165) is 25.9 Å². The SMILES string of the molecule is N#Cc1ccccc1NC(=O)C1CC1C(=O)N1CCCCCC1. The van der Waals surface area contributed by atoms with Crippen LogP contribution in [0.5, 0.6) is 0 Å². The summed E-state index contributed by atoms with van der Waals surface area (Å²) in [6.45, 7) is 1.64. The molecule has 1 saturated heterocycles. The Hall–Kier alpha value is -2.35. The minimum Gasteiger partial charge on any atom is -0.342 e. The van der Waals surface area contributed by atoms with Crippen LogP contribution in [0.25, 0.3) is 0 Å². The molecule has 2 atom stereocenters. The van der Waals surface area contributed by atoms with E-state index in [4.69, 9.17) is 5.26 Å². The lowest BCUT2D eigenvalue weighted by Crippen LogP contribution is -2.34. The summed E-state index contributed by atoms with van der Waals surface area (Å²) in [5.41, 5.74) is 0.963. The number of nitriles is 1. The molecule has 1 heterocycles. The molecule has 1 saturated carbocycles. The van der Waals surface area contributed by atoms with Crippen LogP contribution in [-0.4, -0.2) is 29.8 Å². The van der Waals surface area contributed by atoms with Gasteiger partial charge < -0.3 is 10.2 Å². The van der Waals surface area contributed by atoms with Crippen LogP contribution < -0.4 is 5.32 Å². The normalized spacial score (nSPS) is 23.5. The number of benzene rings is 1. The predicted molar refractivity (Wildman–Crippen MR) is 86.4 cm³/mol. The molecule has 1 aromatic rings. The molecule has 1 aromatic carbocycles. The van der Waals surface area contributed by atoms with Crippen molar-refractivity contribution in [3.8, 4) is 6.07 Å². The summed E-state index contributed by atoms with van der Waals surface area (Å²) in [7, 11) is 0. The Kier molecular flexibility index (Phi) is 4.61. The third-order valence-corrected chi connectivity index (χ3v) is 4.67. The van der Waals surface area contributed by atoms with Gasteiger partial charge in [0.1, 0.15) is 6.07 Å². The van der Waals surface area contributed by atoms with Gasteiger partial charge in [-0.05, 0) is 31.4 Å². The van der Waals surface area contributed by atoms with Crippen LogP contribution in [0, 0.1) is 23.2 Å². The van der Waals surface area contributed by atoms with Gasteiger partial charge in [0.05, 0.1) is 23.1 Å². The van der Waals surface area contributed by atoms with E-state index < -0.39 is 0 Å². The average molecular weight is 311 g/mol. The third kappa shape index (κ3) is 3.53. The number of nitrogens with one attached hydrogen (secondary N) is 1. The number of amides is 2. The number of nitrogens with zero attached hydrogens (tertiary/aromatic N) is 2. The fraction of sp³-hybridized carbons (Fsp3) is 0.500. The molecule has 5 heteroatoms. The number of rotatable bonds is 3. The minimum atomic E-state index is -0.252. The smallest absolute Gasteiger partial charge is 0.228 e. The number of para-hydroxylation sites is 1. The van der Waals surface area contributed by atoms with E-state index in [1.54, 1.807) is 24.3 Å². The third-order valence-electron chi connectivity index (χ3n) is 4.67. The second-order valence-corrected chi connectivity index (χ2v) is 6.33. The highest BCUT2D eigenvalue weighted by molar-refractivity contribution is 6.00. The number of hydrogen-bond donors (Lipinski definition) is 1. The van der Waals surface area contributed by atoms with Gasteiger partial charge in [0.15, 0.2) is 0 Å². The molecule has 0 spiro atoms. The summed E-state index contributed by atoms with van der Waals surface area (Å²) in [4.78, 5) is 26.7. The highest BCUT2D eigenvalue weighted by Gasteiger charge is 2.49. The molecule has 23 heavy (non-hydrogen) atoms. The Labute approximate surface area is 136 Å². The van der Waals surface area contributed by atoms with Gasteiger partial charge in [-0.25, -0.2) is 0 Å². The Bertz CT molecular complexity index is 642. The standard InChI is InChI=1S/C18H21N3O2/c19-12-13-7-3-4-8-16(13)20-17(22)14-11-15(14)18(23)21-9-5-1-2-6-10-21/h3-4,7-8,14-15H,1-2,5-6,9-11H2,(H,20,22). The fourth-order valence-corrected chi connectivity index (χ4v) is 3.20. The molecule has 1 aliphatic carbocycles. The molecule has 2 fully saturated rings. The van der Waals surface area contributed by atoms with Gasteiger partial charge in [-0.2, -0.15) is 5.26 Å². The number of hydrogen-bond acceptors (Lipinski definition) is 3. The van der Waals surface area contributed by atoms with Gasteiger partial charge in [-0.3, -0.25) is 9.59 Å². The summed E-state index contributed by atoms with van der Waals surface area (Å²) in [6.07, 6.45) is 5.11. The molecule has 120 valence electrons. The molecule has 0 aromatic heterocycles. The van der Waals surface area contributed by atoms with Crippen molar-refractivity contribution in [1.29, 1.82) is 5.26 Å². The largest absolute Gasteiger partial charge is 0.342 e. The average Bonchev–Trinajstić information content (AvgIpc) is 3.38. The Morgan fingerprint density at radius 3 is 2.48 bits per heavy atom. The van der Waals surface area contributed by atoms with Gasteiger partial charge in [-0.15, -0.1) is 0 Å². The first-order chi connectivity index (χ1) is 11.2. The van der Waals surface area contributed by atoms with E-state index >= 15 is 0 Å². The van der Waals surface area contributed by atoms with Crippen LogP contribution in [-0.2, 0) is 9.59 Å². The van der Waals surface area contributed by atoms with Crippen molar-refractivity contribution in [3.05, 3.63) is 29.8 Å². The van der Waals surface area contributed by atoms with Gasteiger partial charge in [0.2, 0.25) is 11.8 Å². The molecular weight excluding hydrogens is 290 g/mol. The second-order valence-electron chi connectivity index (χ2n) is 6.33. The minimum absolute atomic E-state index is 0.126. The molecule has 2 amide bonds. The Balaban J connectivity index is 1.58. The Morgan fingerprint density at radius 1 is 1.09 bits per heavy atom. The fourth-order valence-electron chi connectivity index (χ4n) is 3.20. The zero-order valence-electron chi connectivity index (χ0n) is 13.1. The summed E-state index contributed by atoms with van der Waals surface area (Å²) in [5.74, 6) is -0.457. The van der Waals surface area contributed by atoms with Crippen molar-refractivity contribution in [3.63, 3.8) is 0 Å². The highest BCUT2D eigenvalue weighted by atomic mass is 16.2. The number of anilines is 1. The van der Waals surface area contributed by atoms with E-state index in [1.807, 2.05) is 4.90 Å². The van der Waals surface area contributed by atoms with E-state index in [-0.39, 0.29) is 23.7 Å². The van der Waals surface area contributed by atoms with Crippen LogP contribution in [0.2, 0.25) is 0 Å². The maximum Gasteiger partial charge on any atom is 0.228 e. The van der Waals surface area contributed by atoms with Crippen LogP contribution in [0.1, 0.15) is 37.7 Å². The van der Waals surface area contributed by atoms with Crippen molar-refractivity contribution in [1.82, 2.24) is 4.90 Å². The van der Waals surface area contributed by atoms with Crippen molar-refractivity contribution >= 4 is 17.5 Å². The van der Waals surface area contributed by atoms with E-state index in [9.17, 15) is 9.59 Å². The lowest BCUT2D eigenvalue weighted by atomic mass is 10.2. The molecule has 2 unspecified atom stereocenters. The Morgan fingerprint density at radius 2 is 1.78 bits per heavy atom. The lowest BCUT2D eigenvalue weighted by Gasteiger charge is -2.20. The van der Waals surface area contributed by atoms with E-state index in [2.05, 4.69) is 11.4 Å². The van der Waals surface area contributed by atoms with Crippen molar-refractivity contribution in [2.75, 3.05) is 18.4 Å². The van der Waals surface area contributed by atoms with Crippen LogP contribution in [0.4, 0.5) is 5.69 Å². The molecule has 1 aliphatic heterocycles. The predicted octanol–water partition coefficient (Wildman–Crippen LogP) is 2.54. The first-order valence-corrected chi connectivity index (χ1v) is 8.29. The molecule has 0 bridgehead atoms. The number of carbonyl (C=O) groups is 2. The maximum atomic E-state index is 12.5. The van der Waals surface area contributed by atoms with Gasteiger partial charge in [0, 0.05) is 13.1 Å². The zero-order valence-corrected chi connectivity index (χ0v) is 13.1. The van der Waals surface area contributed by atoms with Gasteiger partial charge in [0.25, 0.3) is 0 Å². The zero-order chi connectivity index (χ0) is 16.2. The van der Waals surface area contributed by atoms with Gasteiger partial charge >= 0.3 is 0 Å². The summed E-state index contributed by atoms with van der Waals surface area (Å²) >= 11 is 0. The first kappa shape index (κ1) is 15.5.